The standard InChI is InChI=1S/C11H11F3N2/c12-11(13,14)9(6-15)8-3-1-2-7-4-5-16-10(7)8/h1-5,9,16H,6,15H2. The molecule has 0 aliphatic rings. The lowest BCUT2D eigenvalue weighted by atomic mass is 9.96. The van der Waals surface area contributed by atoms with Crippen LogP contribution in [0.2, 0.25) is 0 Å². The summed E-state index contributed by atoms with van der Waals surface area (Å²) in [7, 11) is 0. The number of halogens is 3. The highest BCUT2D eigenvalue weighted by atomic mass is 19.4. The minimum absolute atomic E-state index is 0.206. The van der Waals surface area contributed by atoms with Crippen LogP contribution in [0.4, 0.5) is 13.2 Å². The molecule has 0 spiro atoms. The molecule has 0 saturated carbocycles. The summed E-state index contributed by atoms with van der Waals surface area (Å²) in [5.74, 6) is -1.62. The fourth-order valence-corrected chi connectivity index (χ4v) is 1.84. The molecule has 0 radical (unpaired) electrons. The molecule has 5 heteroatoms. The molecule has 1 unspecified atom stereocenters. The lowest BCUT2D eigenvalue weighted by Gasteiger charge is -2.19. The van der Waals surface area contributed by atoms with Crippen LogP contribution in [-0.2, 0) is 0 Å². The van der Waals surface area contributed by atoms with Crippen molar-refractivity contribution < 1.29 is 13.2 Å². The molecule has 2 nitrogen and oxygen atoms in total. The Morgan fingerprint density at radius 1 is 1.25 bits per heavy atom. The first kappa shape index (κ1) is 11.0. The quantitative estimate of drug-likeness (QED) is 0.815. The summed E-state index contributed by atoms with van der Waals surface area (Å²) in [4.78, 5) is 2.82. The number of rotatable bonds is 2. The highest BCUT2D eigenvalue weighted by Gasteiger charge is 2.40. The Morgan fingerprint density at radius 3 is 2.62 bits per heavy atom. The van der Waals surface area contributed by atoms with Crippen LogP contribution in [0, 0.1) is 0 Å². The van der Waals surface area contributed by atoms with Gasteiger partial charge in [0.25, 0.3) is 0 Å². The van der Waals surface area contributed by atoms with Gasteiger partial charge in [0.05, 0.1) is 5.92 Å². The molecule has 0 amide bonds. The number of fused-ring (bicyclic) bond motifs is 1. The molecular weight excluding hydrogens is 217 g/mol. The fourth-order valence-electron chi connectivity index (χ4n) is 1.84. The Balaban J connectivity index is 2.57. The first-order valence-electron chi connectivity index (χ1n) is 4.87. The molecule has 0 fully saturated rings. The summed E-state index contributed by atoms with van der Waals surface area (Å²) in [6.07, 6.45) is -2.69. The number of benzene rings is 1. The maximum Gasteiger partial charge on any atom is 0.397 e. The van der Waals surface area contributed by atoms with Crippen molar-refractivity contribution in [2.24, 2.45) is 5.73 Å². The SMILES string of the molecule is NCC(c1cccc2cc[nH]c12)C(F)(F)F. The van der Waals surface area contributed by atoms with Gasteiger partial charge in [0.1, 0.15) is 0 Å². The van der Waals surface area contributed by atoms with E-state index in [0.717, 1.165) is 5.39 Å². The molecule has 1 heterocycles. The van der Waals surface area contributed by atoms with E-state index in [9.17, 15) is 13.2 Å². The van der Waals surface area contributed by atoms with Gasteiger partial charge in [0.2, 0.25) is 0 Å². The van der Waals surface area contributed by atoms with Crippen molar-refractivity contribution in [2.45, 2.75) is 12.1 Å². The number of alkyl halides is 3. The second kappa shape index (κ2) is 3.83. The van der Waals surface area contributed by atoms with E-state index in [1.54, 1.807) is 24.4 Å². The Kier molecular flexibility index (Phi) is 2.63. The molecule has 2 rings (SSSR count). The number of hydrogen-bond acceptors (Lipinski definition) is 1. The predicted molar refractivity (Wildman–Crippen MR) is 56.1 cm³/mol. The summed E-state index contributed by atoms with van der Waals surface area (Å²) in [5.41, 5.74) is 5.93. The zero-order chi connectivity index (χ0) is 11.8. The largest absolute Gasteiger partial charge is 0.397 e. The zero-order valence-electron chi connectivity index (χ0n) is 8.38. The summed E-state index contributed by atoms with van der Waals surface area (Å²) in [5, 5.41) is 0.764. The van der Waals surface area contributed by atoms with Gasteiger partial charge in [-0.15, -0.1) is 0 Å². The van der Waals surface area contributed by atoms with E-state index < -0.39 is 18.6 Å². The van der Waals surface area contributed by atoms with E-state index in [0.29, 0.717) is 5.52 Å². The van der Waals surface area contributed by atoms with Crippen molar-refractivity contribution in [1.29, 1.82) is 0 Å². The maximum absolute atomic E-state index is 12.7. The second-order valence-corrected chi connectivity index (χ2v) is 3.62. The average molecular weight is 228 g/mol. The predicted octanol–water partition coefficient (Wildman–Crippen LogP) is 2.77. The van der Waals surface area contributed by atoms with Crippen LogP contribution in [0.15, 0.2) is 30.5 Å². The molecule has 0 aliphatic carbocycles. The van der Waals surface area contributed by atoms with Crippen LogP contribution in [0.5, 0.6) is 0 Å². The number of H-pyrrole nitrogens is 1. The highest BCUT2D eigenvalue weighted by Crippen LogP contribution is 2.36. The first-order valence-corrected chi connectivity index (χ1v) is 4.87. The van der Waals surface area contributed by atoms with E-state index in [1.807, 2.05) is 0 Å². The van der Waals surface area contributed by atoms with E-state index in [4.69, 9.17) is 5.73 Å². The summed E-state index contributed by atoms with van der Waals surface area (Å²) >= 11 is 0. The molecule has 0 saturated heterocycles. The molecule has 1 aromatic heterocycles. The molecular formula is C11H11F3N2. The van der Waals surface area contributed by atoms with Crippen molar-refractivity contribution in [3.05, 3.63) is 36.0 Å². The van der Waals surface area contributed by atoms with Crippen LogP contribution < -0.4 is 5.73 Å². The topological polar surface area (TPSA) is 41.8 Å². The number of hydrogen-bond donors (Lipinski definition) is 2. The summed E-state index contributed by atoms with van der Waals surface area (Å²) < 4.78 is 38.2. The van der Waals surface area contributed by atoms with Gasteiger partial charge in [-0.3, -0.25) is 0 Å². The molecule has 1 atom stereocenters. The molecule has 86 valence electrons. The van der Waals surface area contributed by atoms with Gasteiger partial charge in [0.15, 0.2) is 0 Å². The molecule has 2 aromatic rings. The van der Waals surface area contributed by atoms with E-state index >= 15 is 0 Å². The van der Waals surface area contributed by atoms with Gasteiger partial charge in [-0.1, -0.05) is 18.2 Å². The minimum Gasteiger partial charge on any atom is -0.361 e. The minimum atomic E-state index is -4.31. The third-order valence-electron chi connectivity index (χ3n) is 2.63. The third-order valence-corrected chi connectivity index (χ3v) is 2.63. The highest BCUT2D eigenvalue weighted by molar-refractivity contribution is 5.83. The van der Waals surface area contributed by atoms with Crippen molar-refractivity contribution >= 4 is 10.9 Å². The van der Waals surface area contributed by atoms with Crippen molar-refractivity contribution in [3.63, 3.8) is 0 Å². The summed E-state index contributed by atoms with van der Waals surface area (Å²) in [6, 6.07) is 6.58. The number of aromatic nitrogens is 1. The Labute approximate surface area is 90.3 Å². The van der Waals surface area contributed by atoms with Crippen LogP contribution in [0.25, 0.3) is 10.9 Å². The second-order valence-electron chi connectivity index (χ2n) is 3.62. The van der Waals surface area contributed by atoms with E-state index in [-0.39, 0.29) is 5.56 Å². The number of para-hydroxylation sites is 1. The third kappa shape index (κ3) is 1.78. The van der Waals surface area contributed by atoms with Gasteiger partial charge in [-0.05, 0) is 17.0 Å². The molecule has 3 N–H and O–H groups in total. The number of aromatic amines is 1. The lowest BCUT2D eigenvalue weighted by molar-refractivity contribution is -0.147. The van der Waals surface area contributed by atoms with Crippen LogP contribution >= 0.6 is 0 Å². The molecule has 0 aliphatic heterocycles. The molecule has 16 heavy (non-hydrogen) atoms. The van der Waals surface area contributed by atoms with Crippen molar-refractivity contribution in [1.82, 2.24) is 4.98 Å². The van der Waals surface area contributed by atoms with Gasteiger partial charge in [-0.2, -0.15) is 13.2 Å². The van der Waals surface area contributed by atoms with Gasteiger partial charge >= 0.3 is 6.18 Å². The monoisotopic (exact) mass is 228 g/mol. The van der Waals surface area contributed by atoms with Crippen LogP contribution in [0.3, 0.4) is 0 Å². The number of nitrogens with one attached hydrogen (secondary N) is 1. The van der Waals surface area contributed by atoms with E-state index in [2.05, 4.69) is 4.98 Å². The van der Waals surface area contributed by atoms with Crippen molar-refractivity contribution in [2.75, 3.05) is 6.54 Å². The smallest absolute Gasteiger partial charge is 0.361 e. The van der Waals surface area contributed by atoms with Gasteiger partial charge in [-0.25, -0.2) is 0 Å². The van der Waals surface area contributed by atoms with Crippen molar-refractivity contribution in [3.8, 4) is 0 Å². The first-order chi connectivity index (χ1) is 7.54. The average Bonchev–Trinajstić information content (AvgIpc) is 2.65. The Bertz CT molecular complexity index is 487. The number of nitrogens with two attached hydrogens (primary N) is 1. The fraction of sp³-hybridized carbons (Fsp3) is 0.273. The molecule has 1 aromatic carbocycles. The van der Waals surface area contributed by atoms with Crippen LogP contribution in [-0.4, -0.2) is 17.7 Å². The van der Waals surface area contributed by atoms with E-state index in [1.165, 1.54) is 6.07 Å². The molecule has 0 bridgehead atoms. The Morgan fingerprint density at radius 2 is 2.00 bits per heavy atom. The Hall–Kier alpha value is -1.49. The normalized spacial score (nSPS) is 14.2. The van der Waals surface area contributed by atoms with Gasteiger partial charge < -0.3 is 10.7 Å². The summed E-state index contributed by atoms with van der Waals surface area (Å²) in [6.45, 7) is -0.443. The van der Waals surface area contributed by atoms with Gasteiger partial charge in [0, 0.05) is 18.3 Å². The maximum atomic E-state index is 12.7. The zero-order valence-corrected chi connectivity index (χ0v) is 8.38. The van der Waals surface area contributed by atoms with Crippen LogP contribution in [0.1, 0.15) is 11.5 Å². The lowest BCUT2D eigenvalue weighted by Crippen LogP contribution is -2.28.